The molecule has 1 aromatic rings. The van der Waals surface area contributed by atoms with Crippen LogP contribution in [0.2, 0.25) is 0 Å². The second kappa shape index (κ2) is 7.60. The van der Waals surface area contributed by atoms with E-state index in [0.29, 0.717) is 32.1 Å². The predicted molar refractivity (Wildman–Crippen MR) is 101 cm³/mol. The van der Waals surface area contributed by atoms with Crippen LogP contribution in [0.15, 0.2) is 18.2 Å². The molecule has 6 heteroatoms. The number of anilines is 1. The summed E-state index contributed by atoms with van der Waals surface area (Å²) in [5.74, 6) is 0.286. The lowest BCUT2D eigenvalue weighted by molar-refractivity contribution is -0.140. The third-order valence-corrected chi connectivity index (χ3v) is 6.22. The van der Waals surface area contributed by atoms with Gasteiger partial charge in [-0.15, -0.1) is 0 Å². The number of ether oxygens (including phenoxy) is 2. The van der Waals surface area contributed by atoms with Gasteiger partial charge in [0.05, 0.1) is 19.1 Å². The topological polar surface area (TPSA) is 59.1 Å². The molecule has 0 N–H and O–H groups in total. The van der Waals surface area contributed by atoms with Crippen molar-refractivity contribution in [1.82, 2.24) is 4.90 Å². The minimum Gasteiger partial charge on any atom is -0.350 e. The summed E-state index contributed by atoms with van der Waals surface area (Å²) in [6.07, 6.45) is 2.01. The Morgan fingerprint density at radius 1 is 1.11 bits per heavy atom. The number of benzene rings is 1. The molecular weight excluding hydrogens is 344 g/mol. The van der Waals surface area contributed by atoms with Gasteiger partial charge in [-0.05, 0) is 43.9 Å². The number of hydrogen-bond acceptors (Lipinski definition) is 4. The molecule has 0 spiro atoms. The maximum atomic E-state index is 13.0. The van der Waals surface area contributed by atoms with Crippen LogP contribution in [0.1, 0.15) is 30.4 Å². The van der Waals surface area contributed by atoms with Gasteiger partial charge in [0.25, 0.3) is 0 Å². The van der Waals surface area contributed by atoms with Crippen molar-refractivity contribution in [3.8, 4) is 0 Å². The fourth-order valence-electron chi connectivity index (χ4n) is 4.43. The molecule has 1 unspecified atom stereocenters. The van der Waals surface area contributed by atoms with Gasteiger partial charge in [0.15, 0.2) is 6.29 Å². The SMILES string of the molecule is Cc1cccc(N2CC(C(=O)N3CCC(C4OCCO4)CC3)CC2=O)c1C. The Bertz CT molecular complexity index is 721. The number of rotatable bonds is 3. The molecule has 4 rings (SSSR count). The van der Waals surface area contributed by atoms with E-state index in [4.69, 9.17) is 9.47 Å². The highest BCUT2D eigenvalue weighted by molar-refractivity contribution is 6.00. The molecule has 6 nitrogen and oxygen atoms in total. The van der Waals surface area contributed by atoms with Gasteiger partial charge < -0.3 is 19.3 Å². The Morgan fingerprint density at radius 3 is 2.52 bits per heavy atom. The number of amides is 2. The smallest absolute Gasteiger partial charge is 0.228 e. The highest BCUT2D eigenvalue weighted by Gasteiger charge is 2.39. The molecular formula is C21H28N2O4. The lowest BCUT2D eigenvalue weighted by Gasteiger charge is -2.35. The average Bonchev–Trinajstić information content (AvgIpc) is 3.34. The lowest BCUT2D eigenvalue weighted by Crippen LogP contribution is -2.44. The highest BCUT2D eigenvalue weighted by Crippen LogP contribution is 2.32. The third-order valence-electron chi connectivity index (χ3n) is 6.22. The number of carbonyl (C=O) groups excluding carboxylic acids is 2. The lowest BCUT2D eigenvalue weighted by atomic mass is 9.95. The first-order chi connectivity index (χ1) is 13.0. The van der Waals surface area contributed by atoms with Crippen molar-refractivity contribution in [1.29, 1.82) is 0 Å². The molecule has 0 aliphatic carbocycles. The summed E-state index contributed by atoms with van der Waals surface area (Å²) in [7, 11) is 0. The Hall–Kier alpha value is -1.92. The fourth-order valence-corrected chi connectivity index (χ4v) is 4.43. The molecule has 2 amide bonds. The van der Waals surface area contributed by atoms with Crippen molar-refractivity contribution in [3.05, 3.63) is 29.3 Å². The fraction of sp³-hybridized carbons (Fsp3) is 0.619. The quantitative estimate of drug-likeness (QED) is 0.817. The maximum absolute atomic E-state index is 13.0. The Morgan fingerprint density at radius 2 is 1.81 bits per heavy atom. The number of nitrogens with zero attached hydrogens (tertiary/aromatic N) is 2. The number of hydrogen-bond donors (Lipinski definition) is 0. The summed E-state index contributed by atoms with van der Waals surface area (Å²) in [6.45, 7) is 7.35. The van der Waals surface area contributed by atoms with Crippen molar-refractivity contribution in [3.63, 3.8) is 0 Å². The van der Waals surface area contributed by atoms with E-state index in [1.54, 1.807) is 4.90 Å². The minimum atomic E-state index is -0.243. The van der Waals surface area contributed by atoms with Crippen LogP contribution < -0.4 is 4.90 Å². The normalized spacial score (nSPS) is 24.8. The Balaban J connectivity index is 1.37. The number of piperidine rings is 1. The molecule has 3 saturated heterocycles. The minimum absolute atomic E-state index is 0.0460. The van der Waals surface area contributed by atoms with E-state index in [1.807, 2.05) is 36.9 Å². The number of carbonyl (C=O) groups is 2. The number of likely N-dealkylation sites (tertiary alicyclic amines) is 1. The molecule has 0 radical (unpaired) electrons. The second-order valence-electron chi connectivity index (χ2n) is 7.90. The molecule has 3 aliphatic heterocycles. The molecule has 27 heavy (non-hydrogen) atoms. The summed E-state index contributed by atoms with van der Waals surface area (Å²) in [4.78, 5) is 29.3. The van der Waals surface area contributed by atoms with Gasteiger partial charge >= 0.3 is 0 Å². The van der Waals surface area contributed by atoms with Crippen molar-refractivity contribution >= 4 is 17.5 Å². The van der Waals surface area contributed by atoms with E-state index in [9.17, 15) is 9.59 Å². The van der Waals surface area contributed by atoms with Crippen molar-refractivity contribution in [2.75, 3.05) is 37.7 Å². The summed E-state index contributed by atoms with van der Waals surface area (Å²) >= 11 is 0. The molecule has 0 aromatic heterocycles. The van der Waals surface area contributed by atoms with Crippen LogP contribution >= 0.6 is 0 Å². The van der Waals surface area contributed by atoms with Gasteiger partial charge in [0.2, 0.25) is 11.8 Å². The van der Waals surface area contributed by atoms with Crippen molar-refractivity contribution in [2.24, 2.45) is 11.8 Å². The predicted octanol–water partition coefficient (Wildman–Crippen LogP) is 2.27. The van der Waals surface area contributed by atoms with E-state index < -0.39 is 0 Å². The van der Waals surface area contributed by atoms with Crippen molar-refractivity contribution < 1.29 is 19.1 Å². The molecule has 146 valence electrons. The summed E-state index contributed by atoms with van der Waals surface area (Å²) < 4.78 is 11.2. The van der Waals surface area contributed by atoms with E-state index in [2.05, 4.69) is 0 Å². The van der Waals surface area contributed by atoms with Gasteiger partial charge in [-0.25, -0.2) is 0 Å². The maximum Gasteiger partial charge on any atom is 0.228 e. The Kier molecular flexibility index (Phi) is 5.19. The molecule has 3 heterocycles. The zero-order valence-electron chi connectivity index (χ0n) is 16.1. The van der Waals surface area contributed by atoms with Gasteiger partial charge in [-0.3, -0.25) is 9.59 Å². The van der Waals surface area contributed by atoms with Crippen LogP contribution in [0.4, 0.5) is 5.69 Å². The van der Waals surface area contributed by atoms with Crippen molar-refractivity contribution in [2.45, 2.75) is 39.4 Å². The average molecular weight is 372 g/mol. The highest BCUT2D eigenvalue weighted by atomic mass is 16.7. The van der Waals surface area contributed by atoms with Crippen LogP contribution in [-0.4, -0.2) is 55.9 Å². The van der Waals surface area contributed by atoms with Crippen LogP contribution in [-0.2, 0) is 19.1 Å². The molecule has 1 aromatic carbocycles. The molecule has 3 fully saturated rings. The first-order valence-corrected chi connectivity index (χ1v) is 9.93. The molecule has 0 saturated carbocycles. The molecule has 3 aliphatic rings. The number of aryl methyl sites for hydroxylation is 1. The van der Waals surface area contributed by atoms with Gasteiger partial charge in [-0.2, -0.15) is 0 Å². The first kappa shape index (κ1) is 18.4. The van der Waals surface area contributed by atoms with E-state index in [1.165, 1.54) is 0 Å². The largest absolute Gasteiger partial charge is 0.350 e. The zero-order valence-corrected chi connectivity index (χ0v) is 16.1. The second-order valence-corrected chi connectivity index (χ2v) is 7.90. The van der Waals surface area contributed by atoms with Gasteiger partial charge in [0, 0.05) is 37.7 Å². The first-order valence-electron chi connectivity index (χ1n) is 9.93. The van der Waals surface area contributed by atoms with Crippen LogP contribution in [0.25, 0.3) is 0 Å². The zero-order chi connectivity index (χ0) is 19.0. The van der Waals surface area contributed by atoms with E-state index in [-0.39, 0.29) is 24.0 Å². The van der Waals surface area contributed by atoms with E-state index >= 15 is 0 Å². The van der Waals surface area contributed by atoms with Crippen LogP contribution in [0, 0.1) is 25.7 Å². The molecule has 0 bridgehead atoms. The van der Waals surface area contributed by atoms with Gasteiger partial charge in [0.1, 0.15) is 0 Å². The summed E-state index contributed by atoms with van der Waals surface area (Å²) in [6, 6.07) is 5.99. The summed E-state index contributed by atoms with van der Waals surface area (Å²) in [5, 5.41) is 0. The standard InChI is InChI=1S/C21H28N2O4/c1-14-4-3-5-18(15(14)2)23-13-17(12-19(23)24)20(25)22-8-6-16(7-9-22)21-26-10-11-27-21/h3-5,16-17,21H,6-13H2,1-2H3. The third kappa shape index (κ3) is 3.60. The van der Waals surface area contributed by atoms with Crippen LogP contribution in [0.3, 0.4) is 0 Å². The van der Waals surface area contributed by atoms with Gasteiger partial charge in [-0.1, -0.05) is 12.1 Å². The monoisotopic (exact) mass is 372 g/mol. The van der Waals surface area contributed by atoms with E-state index in [0.717, 1.165) is 42.7 Å². The summed E-state index contributed by atoms with van der Waals surface area (Å²) in [5.41, 5.74) is 3.20. The molecule has 1 atom stereocenters. The van der Waals surface area contributed by atoms with Crippen LogP contribution in [0.5, 0.6) is 0 Å². The Labute approximate surface area is 160 Å².